The SMILES string of the molecule is Cc1ccc(C2=CC3=[N+]4C2=Cc2cc(-c5ccc(C)s5)c5n2C42n4c(cc(-c6ccc(C)s6)c4=C3)=CC3=[N+]2C(=C5)C=C3c2ccc(C(F)(F)F)s2)s1. The quantitative estimate of drug-likeness (QED) is 0.160. The summed E-state index contributed by atoms with van der Waals surface area (Å²) >= 11 is 6.17. The van der Waals surface area contributed by atoms with Gasteiger partial charge in [0, 0.05) is 81.7 Å². The van der Waals surface area contributed by atoms with Crippen LogP contribution in [-0.2, 0) is 12.1 Å². The average Bonchev–Trinajstić information content (AvgIpc) is 3.94. The van der Waals surface area contributed by atoms with Crippen molar-refractivity contribution in [2.75, 3.05) is 0 Å². The number of hydrogen-bond acceptors (Lipinski definition) is 4. The number of rotatable bonds is 4. The molecule has 1 unspecified atom stereocenters. The summed E-state index contributed by atoms with van der Waals surface area (Å²) in [6.07, 6.45) is 9.10. The number of thiophene rings is 4. The van der Waals surface area contributed by atoms with Crippen molar-refractivity contribution in [3.05, 3.63) is 136 Å². The summed E-state index contributed by atoms with van der Waals surface area (Å²) in [5.74, 6) is -0.945. The number of nitrogens with zero attached hydrogens (tertiary/aromatic N) is 4. The number of hydrogen-bond donors (Lipinski definition) is 0. The second-order valence-corrected chi connectivity index (χ2v) is 18.8. The van der Waals surface area contributed by atoms with E-state index in [1.165, 1.54) is 40.9 Å². The van der Waals surface area contributed by atoms with Gasteiger partial charge in [0.05, 0.1) is 33.2 Å². The van der Waals surface area contributed by atoms with Crippen LogP contribution in [0.5, 0.6) is 0 Å². The standard InChI is InChI=1S/C41H25F3N4S4/c1-20-4-7-35(49-20)27-12-23-17-32-29(37-9-6-22(3)51-37)14-25-19-34-30(38-10-11-39(52-38)40(42,43)44)15-26-18-33-28(36-8-5-21(2)50-36)13-24-16-31(27)45(23)41(46(24)33,47(25)32)48(26)34/h4-19H,1-3H3/q+2. The van der Waals surface area contributed by atoms with Crippen molar-refractivity contribution in [2.24, 2.45) is 0 Å². The molecule has 52 heavy (non-hydrogen) atoms. The van der Waals surface area contributed by atoms with Gasteiger partial charge >= 0.3 is 12.1 Å². The van der Waals surface area contributed by atoms with Gasteiger partial charge in [0.2, 0.25) is 22.8 Å². The summed E-state index contributed by atoms with van der Waals surface area (Å²) in [4.78, 5) is 7.33. The monoisotopic (exact) mass is 758 g/mol. The molecule has 0 N–H and O–H groups in total. The van der Waals surface area contributed by atoms with Gasteiger partial charge in [-0.3, -0.25) is 0 Å². The average molecular weight is 759 g/mol. The van der Waals surface area contributed by atoms with Gasteiger partial charge in [0.25, 0.3) is 0 Å². The Labute approximate surface area is 311 Å². The highest BCUT2D eigenvalue weighted by Gasteiger charge is 2.71. The lowest BCUT2D eigenvalue weighted by Gasteiger charge is -2.37. The smallest absolute Gasteiger partial charge is 0.199 e. The van der Waals surface area contributed by atoms with Crippen LogP contribution in [0.4, 0.5) is 13.2 Å². The fourth-order valence-corrected chi connectivity index (χ4v) is 12.4. The van der Waals surface area contributed by atoms with Gasteiger partial charge in [-0.25, -0.2) is 0 Å². The number of alkyl halides is 3. The summed E-state index contributed by atoms with van der Waals surface area (Å²) in [6.45, 7) is 6.42. The third kappa shape index (κ3) is 3.57. The van der Waals surface area contributed by atoms with Gasteiger partial charge < -0.3 is 0 Å². The zero-order chi connectivity index (χ0) is 35.0. The molecule has 0 aliphatic carbocycles. The molecule has 0 saturated heterocycles. The van der Waals surface area contributed by atoms with Gasteiger partial charge in [-0.2, -0.15) is 22.3 Å². The maximum Gasteiger partial charge on any atom is 0.553 e. The van der Waals surface area contributed by atoms with E-state index >= 15 is 0 Å². The molecule has 12 heterocycles. The van der Waals surface area contributed by atoms with Crippen molar-refractivity contribution in [3.63, 3.8) is 0 Å². The van der Waals surface area contributed by atoms with E-state index in [1.54, 1.807) is 40.1 Å². The van der Waals surface area contributed by atoms with E-state index in [0.717, 1.165) is 72.9 Å². The maximum atomic E-state index is 14.0. The van der Waals surface area contributed by atoms with Crippen LogP contribution < -0.4 is 10.7 Å². The summed E-state index contributed by atoms with van der Waals surface area (Å²) < 4.78 is 51.8. The van der Waals surface area contributed by atoms with Crippen LogP contribution in [0.2, 0.25) is 0 Å². The first-order chi connectivity index (χ1) is 25.1. The molecule has 4 nitrogen and oxygen atoms in total. The maximum absolute atomic E-state index is 14.0. The van der Waals surface area contributed by atoms with Gasteiger partial charge in [-0.05, 0) is 81.4 Å². The lowest BCUT2D eigenvalue weighted by Crippen LogP contribution is -2.69. The van der Waals surface area contributed by atoms with Gasteiger partial charge in [0.15, 0.2) is 0 Å². The fraction of sp³-hybridized carbons (Fsp3) is 0.122. The van der Waals surface area contributed by atoms with Crippen molar-refractivity contribution in [1.82, 2.24) is 9.13 Å². The van der Waals surface area contributed by atoms with Gasteiger partial charge in [-0.1, -0.05) is 9.15 Å². The molecule has 6 aliphatic rings. The molecule has 6 aliphatic heterocycles. The molecule has 252 valence electrons. The molecular formula is C41H25F3N4S4+2. The Morgan fingerprint density at radius 2 is 1.29 bits per heavy atom. The van der Waals surface area contributed by atoms with Crippen LogP contribution in [0.1, 0.15) is 40.7 Å². The Hall–Kier alpha value is -4.81. The Kier molecular flexibility index (Phi) is 5.48. The molecule has 0 bridgehead atoms. The molecule has 1 atom stereocenters. The van der Waals surface area contributed by atoms with Crippen molar-refractivity contribution < 1.29 is 22.3 Å². The first-order valence-electron chi connectivity index (χ1n) is 16.9. The summed E-state index contributed by atoms with van der Waals surface area (Å²) in [5, 5.41) is 2.13. The zero-order valence-electron chi connectivity index (χ0n) is 27.8. The minimum absolute atomic E-state index is 0.591. The Morgan fingerprint density at radius 3 is 1.96 bits per heavy atom. The second-order valence-electron chi connectivity index (χ2n) is 13.9. The summed E-state index contributed by atoms with van der Waals surface area (Å²) in [7, 11) is 0. The molecule has 6 aromatic rings. The highest BCUT2D eigenvalue weighted by Crippen LogP contribution is 2.53. The molecule has 0 saturated carbocycles. The van der Waals surface area contributed by atoms with E-state index in [4.69, 9.17) is 0 Å². The number of aromatic nitrogens is 2. The van der Waals surface area contributed by atoms with E-state index in [1.807, 2.05) is 0 Å². The molecule has 6 aromatic heterocycles. The third-order valence-electron chi connectivity index (χ3n) is 10.8. The van der Waals surface area contributed by atoms with E-state index in [-0.39, 0.29) is 0 Å². The Bertz CT molecular complexity index is 3040. The molecule has 0 fully saturated rings. The van der Waals surface area contributed by atoms with Gasteiger partial charge in [-0.15, -0.1) is 45.3 Å². The molecule has 1 spiro atoms. The first kappa shape index (κ1) is 29.7. The van der Waals surface area contributed by atoms with Crippen LogP contribution >= 0.6 is 45.3 Å². The minimum Gasteiger partial charge on any atom is -0.199 e. The van der Waals surface area contributed by atoms with Crippen LogP contribution in [-0.4, -0.2) is 29.7 Å². The number of halogens is 3. The molecule has 0 amide bonds. The summed E-state index contributed by atoms with van der Waals surface area (Å²) in [5.41, 5.74) is 10.5. The van der Waals surface area contributed by atoms with Crippen molar-refractivity contribution in [2.45, 2.75) is 32.9 Å². The van der Waals surface area contributed by atoms with Crippen molar-refractivity contribution in [3.8, 4) is 20.9 Å². The van der Waals surface area contributed by atoms with Gasteiger partial charge in [0.1, 0.15) is 4.88 Å². The Morgan fingerprint density at radius 1 is 0.615 bits per heavy atom. The normalized spacial score (nSPS) is 20.0. The lowest BCUT2D eigenvalue weighted by molar-refractivity contribution is -0.833. The molecule has 0 aromatic carbocycles. The summed E-state index contributed by atoms with van der Waals surface area (Å²) in [6, 6.07) is 20.6. The number of aryl methyl sites for hydroxylation is 3. The predicted octanol–water partition coefficient (Wildman–Crippen LogP) is 9.33. The van der Waals surface area contributed by atoms with Crippen LogP contribution in [0.3, 0.4) is 0 Å². The van der Waals surface area contributed by atoms with Crippen molar-refractivity contribution >= 4 is 92.2 Å². The zero-order valence-corrected chi connectivity index (χ0v) is 31.1. The lowest BCUT2D eigenvalue weighted by atomic mass is 10.1. The predicted molar refractivity (Wildman–Crippen MR) is 207 cm³/mol. The molecule has 12 rings (SSSR count). The minimum atomic E-state index is -4.41. The Balaban J connectivity index is 1.25. The second kappa shape index (κ2) is 9.59. The fourth-order valence-electron chi connectivity index (χ4n) is 8.84. The molecule has 0 radical (unpaired) electrons. The van der Waals surface area contributed by atoms with E-state index in [0.29, 0.717) is 4.88 Å². The van der Waals surface area contributed by atoms with Crippen LogP contribution in [0.25, 0.3) is 56.3 Å². The largest absolute Gasteiger partial charge is 0.553 e. The van der Waals surface area contributed by atoms with E-state index < -0.39 is 17.0 Å². The van der Waals surface area contributed by atoms with Crippen molar-refractivity contribution in [1.29, 1.82) is 0 Å². The van der Waals surface area contributed by atoms with Crippen LogP contribution in [0, 0.1) is 20.8 Å². The molecular weight excluding hydrogens is 734 g/mol. The first-order valence-corrected chi connectivity index (χ1v) is 20.2. The topological polar surface area (TPSA) is 15.9 Å². The van der Waals surface area contributed by atoms with E-state index in [2.05, 4.69) is 124 Å². The highest BCUT2D eigenvalue weighted by atomic mass is 32.1. The van der Waals surface area contributed by atoms with Crippen LogP contribution in [0.15, 0.2) is 84.2 Å². The van der Waals surface area contributed by atoms with E-state index in [9.17, 15) is 13.2 Å². The third-order valence-corrected chi connectivity index (χ3v) is 15.0. The highest BCUT2D eigenvalue weighted by molar-refractivity contribution is 7.16. The molecule has 11 heteroatoms. The number of allylic oxidation sites excluding steroid dienone is 4.